The monoisotopic (exact) mass is 346 g/mol. The van der Waals surface area contributed by atoms with Crippen molar-refractivity contribution in [2.75, 3.05) is 7.11 Å². The van der Waals surface area contributed by atoms with Gasteiger partial charge >= 0.3 is 0 Å². The fraction of sp³-hybridized carbons (Fsp3) is 0.150. The molecule has 4 rings (SSSR count). The van der Waals surface area contributed by atoms with Crippen molar-refractivity contribution in [2.45, 2.75) is 13.8 Å². The fourth-order valence-corrected chi connectivity index (χ4v) is 2.96. The molecule has 4 aromatic rings. The quantitative estimate of drug-likeness (QED) is 0.571. The molecule has 26 heavy (non-hydrogen) atoms. The van der Waals surface area contributed by atoms with E-state index < -0.39 is 0 Å². The van der Waals surface area contributed by atoms with Gasteiger partial charge in [-0.25, -0.2) is 9.67 Å². The molecule has 2 aromatic heterocycles. The highest BCUT2D eigenvalue weighted by atomic mass is 16.5. The molecule has 0 aliphatic rings. The largest absolute Gasteiger partial charge is 0.497 e. The van der Waals surface area contributed by atoms with Crippen molar-refractivity contribution in [3.05, 3.63) is 76.5 Å². The van der Waals surface area contributed by atoms with E-state index in [-0.39, 0.29) is 5.56 Å². The molecule has 2 aromatic carbocycles. The molecule has 0 saturated carbocycles. The zero-order valence-electron chi connectivity index (χ0n) is 14.8. The average Bonchev–Trinajstić information content (AvgIpc) is 3.09. The summed E-state index contributed by atoms with van der Waals surface area (Å²) in [6.07, 6.45) is 3.11. The summed E-state index contributed by atoms with van der Waals surface area (Å²) in [5, 5.41) is 4.89. The summed E-state index contributed by atoms with van der Waals surface area (Å²) in [6, 6.07) is 13.4. The van der Waals surface area contributed by atoms with E-state index in [4.69, 9.17) is 4.74 Å². The molecule has 0 spiro atoms. The van der Waals surface area contributed by atoms with Crippen molar-refractivity contribution in [3.63, 3.8) is 0 Å². The lowest BCUT2D eigenvalue weighted by atomic mass is 10.1. The molecule has 0 atom stereocenters. The van der Waals surface area contributed by atoms with E-state index in [1.54, 1.807) is 18.0 Å². The number of hydrogen-bond donors (Lipinski definition) is 0. The summed E-state index contributed by atoms with van der Waals surface area (Å²) in [5.74, 6) is 0.735. The van der Waals surface area contributed by atoms with Crippen LogP contribution in [0.1, 0.15) is 11.1 Å². The smallest absolute Gasteiger partial charge is 0.269 e. The van der Waals surface area contributed by atoms with Crippen LogP contribution < -0.4 is 10.3 Å². The maximum Gasteiger partial charge on any atom is 0.269 e. The summed E-state index contributed by atoms with van der Waals surface area (Å²) >= 11 is 0. The van der Waals surface area contributed by atoms with Crippen LogP contribution >= 0.6 is 0 Å². The van der Waals surface area contributed by atoms with Crippen molar-refractivity contribution in [2.24, 2.45) is 0 Å². The van der Waals surface area contributed by atoms with Gasteiger partial charge in [-0.05, 0) is 55.3 Å². The van der Waals surface area contributed by atoms with Crippen molar-refractivity contribution < 1.29 is 4.74 Å². The van der Waals surface area contributed by atoms with Gasteiger partial charge in [0, 0.05) is 0 Å². The zero-order chi connectivity index (χ0) is 18.3. The third-order valence-electron chi connectivity index (χ3n) is 4.43. The minimum Gasteiger partial charge on any atom is -0.497 e. The summed E-state index contributed by atoms with van der Waals surface area (Å²) < 4.78 is 8.39. The van der Waals surface area contributed by atoms with Crippen molar-refractivity contribution in [3.8, 4) is 17.1 Å². The Morgan fingerprint density at radius 2 is 1.81 bits per heavy atom. The van der Waals surface area contributed by atoms with Crippen LogP contribution in [0.2, 0.25) is 0 Å². The average molecular weight is 346 g/mol. The van der Waals surface area contributed by atoms with E-state index in [0.717, 1.165) is 28.3 Å². The Labute approximate surface area is 150 Å². The summed E-state index contributed by atoms with van der Waals surface area (Å²) in [6.45, 7) is 4.04. The van der Waals surface area contributed by atoms with Crippen LogP contribution in [0, 0.1) is 13.8 Å². The number of hydrogen-bond acceptors (Lipinski definition) is 4. The Balaban J connectivity index is 1.88. The SMILES string of the molecule is COc1ccc(-n2cnc3c(cnn3-c3cc(C)ccc3C)c2=O)cc1. The second-order valence-electron chi connectivity index (χ2n) is 6.20. The molecule has 130 valence electrons. The van der Waals surface area contributed by atoms with Crippen LogP contribution in [0.3, 0.4) is 0 Å². The first-order valence-corrected chi connectivity index (χ1v) is 8.26. The maximum absolute atomic E-state index is 12.9. The van der Waals surface area contributed by atoms with Crippen molar-refractivity contribution >= 4 is 11.0 Å². The Kier molecular flexibility index (Phi) is 3.80. The number of ether oxygens (including phenoxy) is 1. The van der Waals surface area contributed by atoms with Gasteiger partial charge in [0.1, 0.15) is 17.5 Å². The van der Waals surface area contributed by atoms with Gasteiger partial charge in [-0.2, -0.15) is 5.10 Å². The number of rotatable bonds is 3. The van der Waals surface area contributed by atoms with Crippen LogP contribution in [0.4, 0.5) is 0 Å². The van der Waals surface area contributed by atoms with E-state index in [1.165, 1.54) is 10.9 Å². The number of aromatic nitrogens is 4. The van der Waals surface area contributed by atoms with Crippen LogP contribution in [-0.4, -0.2) is 26.4 Å². The molecule has 0 bridgehead atoms. The lowest BCUT2D eigenvalue weighted by Gasteiger charge is -2.09. The summed E-state index contributed by atoms with van der Waals surface area (Å²) in [5.41, 5.74) is 4.24. The van der Waals surface area contributed by atoms with E-state index in [1.807, 2.05) is 50.2 Å². The Morgan fingerprint density at radius 1 is 1.04 bits per heavy atom. The second-order valence-corrected chi connectivity index (χ2v) is 6.20. The van der Waals surface area contributed by atoms with Gasteiger partial charge in [-0.1, -0.05) is 12.1 Å². The minimum atomic E-state index is -0.156. The Bertz CT molecular complexity index is 1160. The molecule has 0 saturated heterocycles. The molecule has 0 aliphatic carbocycles. The first-order chi connectivity index (χ1) is 12.6. The van der Waals surface area contributed by atoms with E-state index in [9.17, 15) is 4.79 Å². The minimum absolute atomic E-state index is 0.156. The standard InChI is InChI=1S/C20H18N4O2/c1-13-4-5-14(2)18(10-13)24-19-17(11-22-24)20(25)23(12-21-19)15-6-8-16(26-3)9-7-15/h4-12H,1-3H3. The topological polar surface area (TPSA) is 61.9 Å². The Hall–Kier alpha value is -3.41. The van der Waals surface area contributed by atoms with Gasteiger partial charge in [-0.15, -0.1) is 0 Å². The maximum atomic E-state index is 12.9. The van der Waals surface area contributed by atoms with Crippen LogP contribution in [-0.2, 0) is 0 Å². The molecule has 0 unspecified atom stereocenters. The number of methoxy groups -OCH3 is 1. The van der Waals surface area contributed by atoms with E-state index in [0.29, 0.717) is 11.0 Å². The highest BCUT2D eigenvalue weighted by molar-refractivity contribution is 5.75. The zero-order valence-corrected chi connectivity index (χ0v) is 14.8. The van der Waals surface area contributed by atoms with Gasteiger partial charge < -0.3 is 4.74 Å². The van der Waals surface area contributed by atoms with Gasteiger partial charge in [0.25, 0.3) is 5.56 Å². The summed E-state index contributed by atoms with van der Waals surface area (Å²) in [7, 11) is 1.61. The van der Waals surface area contributed by atoms with Crippen LogP contribution in [0.5, 0.6) is 5.75 Å². The van der Waals surface area contributed by atoms with Gasteiger partial charge in [0.2, 0.25) is 0 Å². The molecule has 0 aliphatic heterocycles. The molecule has 0 fully saturated rings. The number of aryl methyl sites for hydroxylation is 2. The molecule has 6 nitrogen and oxygen atoms in total. The number of benzene rings is 2. The molecule has 0 radical (unpaired) electrons. The number of nitrogens with zero attached hydrogens (tertiary/aromatic N) is 4. The summed E-state index contributed by atoms with van der Waals surface area (Å²) in [4.78, 5) is 17.4. The first-order valence-electron chi connectivity index (χ1n) is 8.26. The van der Waals surface area contributed by atoms with Crippen molar-refractivity contribution in [1.29, 1.82) is 0 Å². The molecule has 6 heteroatoms. The Morgan fingerprint density at radius 3 is 2.54 bits per heavy atom. The third-order valence-corrected chi connectivity index (χ3v) is 4.43. The molecular formula is C20H18N4O2. The predicted octanol–water partition coefficient (Wildman–Crippen LogP) is 3.20. The number of fused-ring (bicyclic) bond motifs is 1. The van der Waals surface area contributed by atoms with Gasteiger partial charge in [-0.3, -0.25) is 9.36 Å². The second kappa shape index (κ2) is 6.15. The predicted molar refractivity (Wildman–Crippen MR) is 100 cm³/mol. The highest BCUT2D eigenvalue weighted by Crippen LogP contribution is 2.20. The van der Waals surface area contributed by atoms with Crippen LogP contribution in [0.25, 0.3) is 22.4 Å². The highest BCUT2D eigenvalue weighted by Gasteiger charge is 2.13. The van der Waals surface area contributed by atoms with E-state index in [2.05, 4.69) is 16.1 Å². The normalized spacial score (nSPS) is 11.0. The van der Waals surface area contributed by atoms with Gasteiger partial charge in [0.15, 0.2) is 5.65 Å². The lowest BCUT2D eigenvalue weighted by molar-refractivity contribution is 0.414. The van der Waals surface area contributed by atoms with Crippen molar-refractivity contribution in [1.82, 2.24) is 19.3 Å². The molecule has 0 amide bonds. The third kappa shape index (κ3) is 2.56. The van der Waals surface area contributed by atoms with E-state index >= 15 is 0 Å². The van der Waals surface area contributed by atoms with Crippen LogP contribution in [0.15, 0.2) is 59.8 Å². The molecule has 0 N–H and O–H groups in total. The molecule has 2 heterocycles. The first kappa shape index (κ1) is 16.1. The fourth-order valence-electron chi connectivity index (χ4n) is 2.96. The lowest BCUT2D eigenvalue weighted by Crippen LogP contribution is -2.18. The van der Waals surface area contributed by atoms with Gasteiger partial charge in [0.05, 0.1) is 24.7 Å². The molecular weight excluding hydrogens is 328 g/mol.